The number of hydrogen-bond donors (Lipinski definition) is 0. The minimum absolute atomic E-state index is 0.158. The molecule has 2 aromatic heterocycles. The van der Waals surface area contributed by atoms with E-state index in [1.54, 1.807) is 6.26 Å². The van der Waals surface area contributed by atoms with Gasteiger partial charge < -0.3 is 14.2 Å². The molecular formula is C24H29N5O2S. The molecule has 0 bridgehead atoms. The van der Waals surface area contributed by atoms with Crippen LogP contribution in [-0.4, -0.2) is 51.8 Å². The monoisotopic (exact) mass is 451 g/mol. The molecule has 4 heterocycles. The Bertz CT molecular complexity index is 1010. The van der Waals surface area contributed by atoms with Gasteiger partial charge in [0.05, 0.1) is 12.8 Å². The number of anilines is 1. The molecule has 1 atom stereocenters. The van der Waals surface area contributed by atoms with Crippen molar-refractivity contribution in [2.45, 2.75) is 49.1 Å². The Balaban J connectivity index is 1.48. The molecule has 2 aliphatic rings. The maximum atomic E-state index is 13.5. The van der Waals surface area contributed by atoms with E-state index in [4.69, 9.17) is 4.42 Å². The van der Waals surface area contributed by atoms with Gasteiger partial charge in [-0.1, -0.05) is 42.1 Å². The molecule has 7 nitrogen and oxygen atoms in total. The highest BCUT2D eigenvalue weighted by Gasteiger charge is 2.31. The Labute approximate surface area is 192 Å². The van der Waals surface area contributed by atoms with Gasteiger partial charge in [-0.15, -0.1) is 10.2 Å². The summed E-state index contributed by atoms with van der Waals surface area (Å²) in [6, 6.07) is 13.9. The zero-order valence-corrected chi connectivity index (χ0v) is 19.0. The molecular weight excluding hydrogens is 422 g/mol. The van der Waals surface area contributed by atoms with E-state index in [2.05, 4.69) is 19.7 Å². The smallest absolute Gasteiger partial charge is 0.240 e. The molecule has 5 rings (SSSR count). The number of aromatic nitrogens is 3. The zero-order chi connectivity index (χ0) is 21.8. The SMILES string of the molecule is O=C(C(Sc1nnc(N2CCCCC2)n1Cc1ccco1)c1ccccc1)N1CCCC1. The van der Waals surface area contributed by atoms with Gasteiger partial charge in [-0.3, -0.25) is 9.36 Å². The standard InChI is InChI=1S/C24H29N5O2S/c30-22(27-13-7-8-14-27)21(19-10-3-1-4-11-19)32-24-26-25-23(28-15-5-2-6-16-28)29(24)18-20-12-9-17-31-20/h1,3-4,9-12,17,21H,2,5-8,13-16,18H2. The lowest BCUT2D eigenvalue weighted by atomic mass is 10.1. The van der Waals surface area contributed by atoms with Gasteiger partial charge in [-0.2, -0.15) is 0 Å². The van der Waals surface area contributed by atoms with E-state index in [1.807, 2.05) is 47.4 Å². The molecule has 0 N–H and O–H groups in total. The number of carbonyl (C=O) groups excluding carboxylic acids is 1. The van der Waals surface area contributed by atoms with Crippen LogP contribution in [0.5, 0.6) is 0 Å². The van der Waals surface area contributed by atoms with Crippen LogP contribution < -0.4 is 4.90 Å². The summed E-state index contributed by atoms with van der Waals surface area (Å²) in [6.45, 7) is 4.18. The lowest BCUT2D eigenvalue weighted by molar-refractivity contribution is -0.129. The van der Waals surface area contributed by atoms with E-state index in [0.717, 1.165) is 74.3 Å². The highest BCUT2D eigenvalue weighted by molar-refractivity contribution is 8.00. The first kappa shape index (κ1) is 21.1. The second-order valence-electron chi connectivity index (χ2n) is 8.44. The van der Waals surface area contributed by atoms with Crippen molar-refractivity contribution in [3.63, 3.8) is 0 Å². The maximum Gasteiger partial charge on any atom is 0.240 e. The van der Waals surface area contributed by atoms with Crippen molar-refractivity contribution in [1.29, 1.82) is 0 Å². The summed E-state index contributed by atoms with van der Waals surface area (Å²) in [7, 11) is 0. The second kappa shape index (κ2) is 9.81. The molecule has 3 aromatic rings. The van der Waals surface area contributed by atoms with Gasteiger partial charge in [-0.05, 0) is 49.8 Å². The number of likely N-dealkylation sites (tertiary alicyclic amines) is 1. The molecule has 2 aliphatic heterocycles. The van der Waals surface area contributed by atoms with E-state index in [-0.39, 0.29) is 11.2 Å². The number of amides is 1. The van der Waals surface area contributed by atoms with E-state index in [1.165, 1.54) is 18.2 Å². The number of thioether (sulfide) groups is 1. The molecule has 0 saturated carbocycles. The highest BCUT2D eigenvalue weighted by Crippen LogP contribution is 2.38. The molecule has 168 valence electrons. The normalized spacial score (nSPS) is 17.6. The van der Waals surface area contributed by atoms with Crippen LogP contribution in [0.4, 0.5) is 5.95 Å². The van der Waals surface area contributed by atoms with Crippen molar-refractivity contribution in [1.82, 2.24) is 19.7 Å². The summed E-state index contributed by atoms with van der Waals surface area (Å²) in [4.78, 5) is 17.8. The largest absolute Gasteiger partial charge is 0.467 e. The number of piperidine rings is 1. The average Bonchev–Trinajstić information content (AvgIpc) is 3.62. The van der Waals surface area contributed by atoms with E-state index in [0.29, 0.717) is 6.54 Å². The van der Waals surface area contributed by atoms with E-state index >= 15 is 0 Å². The van der Waals surface area contributed by atoms with Gasteiger partial charge in [0.25, 0.3) is 0 Å². The molecule has 2 fully saturated rings. The molecule has 0 spiro atoms. The van der Waals surface area contributed by atoms with Gasteiger partial charge in [0.15, 0.2) is 5.16 Å². The number of nitrogens with zero attached hydrogens (tertiary/aromatic N) is 5. The van der Waals surface area contributed by atoms with Crippen molar-refractivity contribution in [2.75, 3.05) is 31.1 Å². The number of furan rings is 1. The topological polar surface area (TPSA) is 67.4 Å². The summed E-state index contributed by atoms with van der Waals surface area (Å²) in [5.41, 5.74) is 1.00. The van der Waals surface area contributed by atoms with Crippen molar-refractivity contribution in [3.8, 4) is 0 Å². The first-order valence-electron chi connectivity index (χ1n) is 11.5. The molecule has 1 aromatic carbocycles. The molecule has 1 amide bonds. The van der Waals surface area contributed by atoms with Crippen LogP contribution in [-0.2, 0) is 11.3 Å². The van der Waals surface area contributed by atoms with Gasteiger partial charge in [0.2, 0.25) is 11.9 Å². The summed E-state index contributed by atoms with van der Waals surface area (Å²) in [6.07, 6.45) is 7.42. The molecule has 1 unspecified atom stereocenters. The van der Waals surface area contributed by atoms with E-state index < -0.39 is 0 Å². The number of carbonyl (C=O) groups is 1. The zero-order valence-electron chi connectivity index (χ0n) is 18.2. The Morgan fingerprint density at radius 1 is 0.938 bits per heavy atom. The van der Waals surface area contributed by atoms with Gasteiger partial charge >= 0.3 is 0 Å². The molecule has 32 heavy (non-hydrogen) atoms. The van der Waals surface area contributed by atoms with Gasteiger partial charge in [0, 0.05) is 26.2 Å². The molecule has 2 saturated heterocycles. The van der Waals surface area contributed by atoms with Crippen molar-refractivity contribution < 1.29 is 9.21 Å². The summed E-state index contributed by atoms with van der Waals surface area (Å²) >= 11 is 1.50. The third kappa shape index (κ3) is 4.55. The number of rotatable bonds is 7. The second-order valence-corrected chi connectivity index (χ2v) is 9.51. The fourth-order valence-electron chi connectivity index (χ4n) is 4.49. The predicted molar refractivity (Wildman–Crippen MR) is 125 cm³/mol. The lowest BCUT2D eigenvalue weighted by Gasteiger charge is -2.28. The van der Waals surface area contributed by atoms with Crippen LogP contribution in [0.3, 0.4) is 0 Å². The number of benzene rings is 1. The number of hydrogen-bond acceptors (Lipinski definition) is 6. The Hall–Kier alpha value is -2.74. The summed E-state index contributed by atoms with van der Waals surface area (Å²) in [5, 5.41) is 9.55. The van der Waals surface area contributed by atoms with Gasteiger partial charge in [-0.25, -0.2) is 0 Å². The Morgan fingerprint density at radius 2 is 1.69 bits per heavy atom. The minimum Gasteiger partial charge on any atom is -0.467 e. The highest BCUT2D eigenvalue weighted by atomic mass is 32.2. The molecule has 8 heteroatoms. The molecule has 0 radical (unpaired) electrons. The maximum absolute atomic E-state index is 13.5. The van der Waals surface area contributed by atoms with Gasteiger partial charge in [0.1, 0.15) is 11.0 Å². The van der Waals surface area contributed by atoms with Crippen molar-refractivity contribution in [2.24, 2.45) is 0 Å². The third-order valence-corrected chi connectivity index (χ3v) is 7.42. The fourth-order valence-corrected chi connectivity index (χ4v) is 5.61. The van der Waals surface area contributed by atoms with Crippen LogP contribution in [0.15, 0.2) is 58.3 Å². The van der Waals surface area contributed by atoms with Crippen LogP contribution in [0.1, 0.15) is 48.7 Å². The van der Waals surface area contributed by atoms with Crippen LogP contribution in [0.25, 0.3) is 0 Å². The third-order valence-electron chi connectivity index (χ3n) is 6.20. The van der Waals surface area contributed by atoms with Crippen LogP contribution >= 0.6 is 11.8 Å². The average molecular weight is 452 g/mol. The first-order valence-corrected chi connectivity index (χ1v) is 12.4. The molecule has 0 aliphatic carbocycles. The summed E-state index contributed by atoms with van der Waals surface area (Å²) in [5.74, 6) is 1.88. The van der Waals surface area contributed by atoms with Crippen LogP contribution in [0.2, 0.25) is 0 Å². The predicted octanol–water partition coefficient (Wildman–Crippen LogP) is 4.37. The minimum atomic E-state index is -0.344. The fraction of sp³-hybridized carbons (Fsp3) is 0.458. The van der Waals surface area contributed by atoms with Crippen molar-refractivity contribution >= 4 is 23.6 Å². The summed E-state index contributed by atoms with van der Waals surface area (Å²) < 4.78 is 7.76. The van der Waals surface area contributed by atoms with Crippen LogP contribution in [0, 0.1) is 0 Å². The van der Waals surface area contributed by atoms with Crippen molar-refractivity contribution in [3.05, 3.63) is 60.1 Å². The lowest BCUT2D eigenvalue weighted by Crippen LogP contribution is -2.32. The first-order chi connectivity index (χ1) is 15.8. The van der Waals surface area contributed by atoms with E-state index in [9.17, 15) is 4.79 Å². The Morgan fingerprint density at radius 3 is 2.41 bits per heavy atom. The Kier molecular flexibility index (Phi) is 6.48. The quantitative estimate of drug-likeness (QED) is 0.497.